The molecule has 2 heterocycles. The smallest absolute Gasteiger partial charge is 0.216 e. The van der Waals surface area contributed by atoms with Gasteiger partial charge in [0.15, 0.2) is 0 Å². The molecule has 0 fully saturated rings. The highest BCUT2D eigenvalue weighted by molar-refractivity contribution is 5.84. The van der Waals surface area contributed by atoms with Crippen LogP contribution in [0.25, 0.3) is 11.0 Å². The summed E-state index contributed by atoms with van der Waals surface area (Å²) in [5, 5.41) is 3.97. The third-order valence-electron chi connectivity index (χ3n) is 4.44. The summed E-state index contributed by atoms with van der Waals surface area (Å²) in [5.41, 5.74) is 4.61. The standard InChI is InChI=1S/C20H23N3O2/c1-14(24)21-10-9-17-18-12-16(25-3)13-22-20(18)23(2)19(17)11-15-7-5-4-6-8-15/h4-8,12-13H,9-11H2,1-3H3,(H,21,24). The van der Waals surface area contributed by atoms with E-state index in [4.69, 9.17) is 4.74 Å². The monoisotopic (exact) mass is 337 g/mol. The zero-order valence-electron chi connectivity index (χ0n) is 14.9. The third-order valence-corrected chi connectivity index (χ3v) is 4.44. The van der Waals surface area contributed by atoms with Gasteiger partial charge in [-0.1, -0.05) is 30.3 Å². The van der Waals surface area contributed by atoms with E-state index >= 15 is 0 Å². The minimum atomic E-state index is -0.0134. The van der Waals surface area contributed by atoms with Gasteiger partial charge in [-0.2, -0.15) is 0 Å². The van der Waals surface area contributed by atoms with E-state index < -0.39 is 0 Å². The Bertz CT molecular complexity index is 885. The van der Waals surface area contributed by atoms with Crippen LogP contribution in [0, 0.1) is 0 Å². The molecule has 3 aromatic rings. The quantitative estimate of drug-likeness (QED) is 0.752. The molecule has 0 aliphatic carbocycles. The molecule has 0 bridgehead atoms. The summed E-state index contributed by atoms with van der Waals surface area (Å²) in [6.07, 6.45) is 3.32. The SMILES string of the molecule is COc1cnc2c(c1)c(CCNC(C)=O)c(Cc1ccccc1)n2C. The largest absolute Gasteiger partial charge is 0.495 e. The van der Waals surface area contributed by atoms with E-state index in [1.165, 1.54) is 16.8 Å². The highest BCUT2D eigenvalue weighted by Gasteiger charge is 2.17. The Labute approximate surface area is 147 Å². The maximum absolute atomic E-state index is 11.2. The summed E-state index contributed by atoms with van der Waals surface area (Å²) in [4.78, 5) is 15.8. The molecule has 0 saturated carbocycles. The minimum absolute atomic E-state index is 0.0134. The van der Waals surface area contributed by atoms with Gasteiger partial charge in [-0.25, -0.2) is 4.98 Å². The first-order valence-corrected chi connectivity index (χ1v) is 8.38. The molecule has 0 saturated heterocycles. The van der Waals surface area contributed by atoms with Crippen LogP contribution in [-0.4, -0.2) is 29.1 Å². The van der Waals surface area contributed by atoms with Crippen molar-refractivity contribution in [2.75, 3.05) is 13.7 Å². The molecule has 0 atom stereocenters. The number of hydrogen-bond donors (Lipinski definition) is 1. The lowest BCUT2D eigenvalue weighted by atomic mass is 10.0. The van der Waals surface area contributed by atoms with Gasteiger partial charge in [0, 0.05) is 38.0 Å². The van der Waals surface area contributed by atoms with Gasteiger partial charge in [0.1, 0.15) is 11.4 Å². The summed E-state index contributed by atoms with van der Waals surface area (Å²) in [6, 6.07) is 12.4. The first kappa shape index (κ1) is 17.0. The minimum Gasteiger partial charge on any atom is -0.495 e. The molecular formula is C20H23N3O2. The summed E-state index contributed by atoms with van der Waals surface area (Å²) < 4.78 is 7.49. The van der Waals surface area contributed by atoms with Crippen LogP contribution in [0.3, 0.4) is 0 Å². The molecule has 1 aromatic carbocycles. The molecule has 0 unspecified atom stereocenters. The van der Waals surface area contributed by atoms with Crippen LogP contribution in [0.4, 0.5) is 0 Å². The molecule has 130 valence electrons. The molecule has 5 nitrogen and oxygen atoms in total. The topological polar surface area (TPSA) is 56.1 Å². The predicted molar refractivity (Wildman–Crippen MR) is 98.9 cm³/mol. The van der Waals surface area contributed by atoms with Crippen molar-refractivity contribution in [1.82, 2.24) is 14.9 Å². The van der Waals surface area contributed by atoms with Crippen molar-refractivity contribution in [3.8, 4) is 5.75 Å². The number of methoxy groups -OCH3 is 1. The average Bonchev–Trinajstić information content (AvgIpc) is 2.87. The average molecular weight is 337 g/mol. The zero-order valence-corrected chi connectivity index (χ0v) is 14.9. The van der Waals surface area contributed by atoms with Crippen LogP contribution >= 0.6 is 0 Å². The summed E-state index contributed by atoms with van der Waals surface area (Å²) in [7, 11) is 3.69. The second-order valence-electron chi connectivity index (χ2n) is 6.13. The van der Waals surface area contributed by atoms with E-state index in [0.717, 1.165) is 29.6 Å². The molecule has 1 N–H and O–H groups in total. The van der Waals surface area contributed by atoms with Crippen molar-refractivity contribution in [2.45, 2.75) is 19.8 Å². The number of ether oxygens (including phenoxy) is 1. The van der Waals surface area contributed by atoms with Crippen LogP contribution in [0.5, 0.6) is 5.75 Å². The molecule has 0 spiro atoms. The van der Waals surface area contributed by atoms with Crippen molar-refractivity contribution in [3.63, 3.8) is 0 Å². The van der Waals surface area contributed by atoms with Crippen LogP contribution in [0.2, 0.25) is 0 Å². The van der Waals surface area contributed by atoms with Gasteiger partial charge in [-0.05, 0) is 23.6 Å². The summed E-state index contributed by atoms with van der Waals surface area (Å²) in [6.45, 7) is 2.14. The Hall–Kier alpha value is -2.82. The van der Waals surface area contributed by atoms with Gasteiger partial charge < -0.3 is 14.6 Å². The van der Waals surface area contributed by atoms with Crippen LogP contribution in [0.1, 0.15) is 23.7 Å². The Morgan fingerprint density at radius 1 is 1.28 bits per heavy atom. The number of fused-ring (bicyclic) bond motifs is 1. The Morgan fingerprint density at radius 2 is 2.04 bits per heavy atom. The van der Waals surface area contributed by atoms with E-state index in [9.17, 15) is 4.79 Å². The molecule has 25 heavy (non-hydrogen) atoms. The molecule has 0 aliphatic heterocycles. The third kappa shape index (κ3) is 3.65. The summed E-state index contributed by atoms with van der Waals surface area (Å²) >= 11 is 0. The Kier molecular flexibility index (Phi) is 5.03. The lowest BCUT2D eigenvalue weighted by Crippen LogP contribution is -2.22. The number of nitrogens with zero attached hydrogens (tertiary/aromatic N) is 2. The number of aryl methyl sites for hydroxylation is 1. The van der Waals surface area contributed by atoms with Gasteiger partial charge in [0.25, 0.3) is 0 Å². The van der Waals surface area contributed by atoms with Gasteiger partial charge in [0.2, 0.25) is 5.91 Å². The van der Waals surface area contributed by atoms with Gasteiger partial charge in [-0.15, -0.1) is 0 Å². The number of aromatic nitrogens is 2. The number of carbonyl (C=O) groups is 1. The molecule has 2 aromatic heterocycles. The fourth-order valence-electron chi connectivity index (χ4n) is 3.18. The Balaban J connectivity index is 2.05. The maximum atomic E-state index is 11.2. The van der Waals surface area contributed by atoms with E-state index in [1.807, 2.05) is 19.2 Å². The van der Waals surface area contributed by atoms with Crippen molar-refractivity contribution >= 4 is 16.9 Å². The fraction of sp³-hybridized carbons (Fsp3) is 0.300. The maximum Gasteiger partial charge on any atom is 0.216 e. The van der Waals surface area contributed by atoms with Crippen molar-refractivity contribution in [2.24, 2.45) is 7.05 Å². The normalized spacial score (nSPS) is 10.8. The number of pyridine rings is 1. The van der Waals surface area contributed by atoms with Crippen LogP contribution in [0.15, 0.2) is 42.6 Å². The second kappa shape index (κ2) is 7.38. The molecule has 1 amide bonds. The number of amides is 1. The lowest BCUT2D eigenvalue weighted by molar-refractivity contribution is -0.118. The molecule has 0 radical (unpaired) electrons. The van der Waals surface area contributed by atoms with E-state index in [-0.39, 0.29) is 5.91 Å². The second-order valence-corrected chi connectivity index (χ2v) is 6.13. The van der Waals surface area contributed by atoms with E-state index in [2.05, 4.69) is 39.1 Å². The number of carbonyl (C=O) groups excluding carboxylic acids is 1. The number of benzene rings is 1. The predicted octanol–water partition coefficient (Wildman–Crippen LogP) is 2.85. The zero-order chi connectivity index (χ0) is 17.8. The highest BCUT2D eigenvalue weighted by atomic mass is 16.5. The van der Waals surface area contributed by atoms with Gasteiger partial charge in [0.05, 0.1) is 13.3 Å². The molecular weight excluding hydrogens is 314 g/mol. The molecule has 5 heteroatoms. The van der Waals surface area contributed by atoms with Crippen LogP contribution < -0.4 is 10.1 Å². The lowest BCUT2D eigenvalue weighted by Gasteiger charge is -2.09. The van der Waals surface area contributed by atoms with E-state index in [0.29, 0.717) is 6.54 Å². The molecule has 0 aliphatic rings. The van der Waals surface area contributed by atoms with Crippen molar-refractivity contribution in [1.29, 1.82) is 0 Å². The van der Waals surface area contributed by atoms with Crippen LogP contribution in [-0.2, 0) is 24.7 Å². The fourth-order valence-corrected chi connectivity index (χ4v) is 3.18. The number of rotatable bonds is 6. The first-order chi connectivity index (χ1) is 12.1. The van der Waals surface area contributed by atoms with Gasteiger partial charge >= 0.3 is 0 Å². The first-order valence-electron chi connectivity index (χ1n) is 8.38. The molecule has 3 rings (SSSR count). The number of nitrogens with one attached hydrogen (secondary N) is 1. The van der Waals surface area contributed by atoms with Crippen molar-refractivity contribution < 1.29 is 9.53 Å². The van der Waals surface area contributed by atoms with E-state index in [1.54, 1.807) is 20.2 Å². The van der Waals surface area contributed by atoms with Crippen molar-refractivity contribution in [3.05, 3.63) is 59.4 Å². The highest BCUT2D eigenvalue weighted by Crippen LogP contribution is 2.29. The Morgan fingerprint density at radius 3 is 2.72 bits per heavy atom. The number of hydrogen-bond acceptors (Lipinski definition) is 3. The van der Waals surface area contributed by atoms with Gasteiger partial charge in [-0.3, -0.25) is 4.79 Å². The summed E-state index contributed by atoms with van der Waals surface area (Å²) in [5.74, 6) is 0.727.